The van der Waals surface area contributed by atoms with Crippen LogP contribution in [0.15, 0.2) is 0 Å². The number of hydrogen-bond donors (Lipinski definition) is 1. The van der Waals surface area contributed by atoms with Crippen LogP contribution in [-0.2, 0) is 19.4 Å². The van der Waals surface area contributed by atoms with Gasteiger partial charge in [-0.05, 0) is 31.7 Å². The maximum absolute atomic E-state index is 5.63. The Hall–Kier alpha value is -0.900. The van der Waals surface area contributed by atoms with Crippen LogP contribution in [-0.4, -0.2) is 21.3 Å². The minimum absolute atomic E-state index is 0.582. The Morgan fingerprint density at radius 3 is 3.00 bits per heavy atom. The van der Waals surface area contributed by atoms with Gasteiger partial charge in [0, 0.05) is 19.4 Å². The molecule has 1 unspecified atom stereocenters. The highest BCUT2D eigenvalue weighted by Gasteiger charge is 2.14. The summed E-state index contributed by atoms with van der Waals surface area (Å²) >= 11 is 0. The molecule has 0 saturated heterocycles. The second kappa shape index (κ2) is 5.43. The van der Waals surface area contributed by atoms with Crippen molar-refractivity contribution in [3.05, 3.63) is 11.6 Å². The predicted molar refractivity (Wildman–Crippen MR) is 64.1 cm³/mol. The fourth-order valence-corrected chi connectivity index (χ4v) is 2.22. The molecular weight excluding hydrogens is 200 g/mol. The molecule has 0 fully saturated rings. The second-order valence-electron chi connectivity index (χ2n) is 4.87. The van der Waals surface area contributed by atoms with Crippen molar-refractivity contribution in [3.63, 3.8) is 0 Å². The van der Waals surface area contributed by atoms with Crippen molar-refractivity contribution in [1.82, 2.24) is 14.8 Å². The van der Waals surface area contributed by atoms with Gasteiger partial charge in [-0.2, -0.15) is 0 Å². The molecule has 0 aromatic carbocycles. The summed E-state index contributed by atoms with van der Waals surface area (Å²) in [6.45, 7) is 4.06. The van der Waals surface area contributed by atoms with E-state index in [9.17, 15) is 0 Å². The third kappa shape index (κ3) is 2.61. The lowest BCUT2D eigenvalue weighted by Gasteiger charge is -2.09. The zero-order chi connectivity index (χ0) is 11.4. The van der Waals surface area contributed by atoms with E-state index in [0.717, 1.165) is 38.2 Å². The predicted octanol–water partition coefficient (Wildman–Crippen LogP) is 1.53. The fraction of sp³-hybridized carbons (Fsp3) is 0.833. The SMILES string of the molecule is CC(CN)CCc1nnc2n1CCCCC2. The number of nitrogens with zero attached hydrogens (tertiary/aromatic N) is 3. The molecule has 0 bridgehead atoms. The van der Waals surface area contributed by atoms with Gasteiger partial charge in [0.05, 0.1) is 0 Å². The standard InChI is InChI=1S/C12H22N4/c1-10(9-13)6-7-12-15-14-11-5-3-2-4-8-16(11)12/h10H,2-9,13H2,1H3. The monoisotopic (exact) mass is 222 g/mol. The molecule has 1 aliphatic heterocycles. The Bertz CT molecular complexity index is 332. The third-order valence-electron chi connectivity index (χ3n) is 3.45. The molecule has 0 radical (unpaired) electrons. The van der Waals surface area contributed by atoms with E-state index in [1.807, 2.05) is 0 Å². The molecular formula is C12H22N4. The summed E-state index contributed by atoms with van der Waals surface area (Å²) < 4.78 is 2.33. The maximum atomic E-state index is 5.63. The van der Waals surface area contributed by atoms with Crippen LogP contribution in [0.25, 0.3) is 0 Å². The molecule has 0 spiro atoms. The van der Waals surface area contributed by atoms with Gasteiger partial charge in [-0.1, -0.05) is 13.3 Å². The summed E-state index contributed by atoms with van der Waals surface area (Å²) in [6.07, 6.45) is 7.09. The van der Waals surface area contributed by atoms with E-state index in [2.05, 4.69) is 21.7 Å². The molecule has 16 heavy (non-hydrogen) atoms. The Morgan fingerprint density at radius 1 is 1.31 bits per heavy atom. The fourth-order valence-electron chi connectivity index (χ4n) is 2.22. The molecule has 1 atom stereocenters. The van der Waals surface area contributed by atoms with Crippen LogP contribution in [0, 0.1) is 5.92 Å². The van der Waals surface area contributed by atoms with Crippen LogP contribution in [0.3, 0.4) is 0 Å². The summed E-state index contributed by atoms with van der Waals surface area (Å²) in [5.74, 6) is 2.93. The molecule has 1 aromatic heterocycles. The topological polar surface area (TPSA) is 56.7 Å². The highest BCUT2D eigenvalue weighted by atomic mass is 15.3. The molecule has 1 aliphatic rings. The van der Waals surface area contributed by atoms with Gasteiger partial charge in [0.15, 0.2) is 0 Å². The number of aromatic nitrogens is 3. The highest BCUT2D eigenvalue weighted by molar-refractivity contribution is 4.98. The van der Waals surface area contributed by atoms with Gasteiger partial charge in [0.1, 0.15) is 11.6 Å². The lowest BCUT2D eigenvalue weighted by molar-refractivity contribution is 0.517. The first-order valence-electron chi connectivity index (χ1n) is 6.42. The van der Waals surface area contributed by atoms with Crippen molar-refractivity contribution in [2.75, 3.05) is 6.54 Å². The lowest BCUT2D eigenvalue weighted by atomic mass is 10.1. The first-order valence-corrected chi connectivity index (χ1v) is 6.42. The van der Waals surface area contributed by atoms with Crippen molar-refractivity contribution in [3.8, 4) is 0 Å². The minimum atomic E-state index is 0.582. The zero-order valence-electron chi connectivity index (χ0n) is 10.2. The van der Waals surface area contributed by atoms with Crippen LogP contribution in [0.5, 0.6) is 0 Å². The van der Waals surface area contributed by atoms with Crippen molar-refractivity contribution in [2.24, 2.45) is 11.7 Å². The molecule has 1 aromatic rings. The van der Waals surface area contributed by atoms with Crippen LogP contribution in [0.2, 0.25) is 0 Å². The zero-order valence-corrected chi connectivity index (χ0v) is 10.2. The second-order valence-corrected chi connectivity index (χ2v) is 4.87. The van der Waals surface area contributed by atoms with E-state index in [1.54, 1.807) is 0 Å². The van der Waals surface area contributed by atoms with E-state index in [4.69, 9.17) is 5.73 Å². The molecule has 0 amide bonds. The molecule has 2 heterocycles. The number of rotatable bonds is 4. The number of hydrogen-bond acceptors (Lipinski definition) is 3. The smallest absolute Gasteiger partial charge is 0.133 e. The third-order valence-corrected chi connectivity index (χ3v) is 3.45. The summed E-state index contributed by atoms with van der Waals surface area (Å²) in [5, 5.41) is 8.62. The normalized spacial score (nSPS) is 17.9. The van der Waals surface area contributed by atoms with E-state index >= 15 is 0 Å². The molecule has 4 heteroatoms. The van der Waals surface area contributed by atoms with Crippen molar-refractivity contribution >= 4 is 0 Å². The molecule has 0 aliphatic carbocycles. The van der Waals surface area contributed by atoms with Crippen LogP contribution >= 0.6 is 0 Å². The first kappa shape index (κ1) is 11.6. The van der Waals surface area contributed by atoms with Gasteiger partial charge in [-0.3, -0.25) is 0 Å². The summed E-state index contributed by atoms with van der Waals surface area (Å²) in [4.78, 5) is 0. The van der Waals surface area contributed by atoms with Crippen LogP contribution < -0.4 is 5.73 Å². The van der Waals surface area contributed by atoms with E-state index < -0.39 is 0 Å². The van der Waals surface area contributed by atoms with Crippen molar-refractivity contribution in [2.45, 2.75) is 52.0 Å². The Kier molecular flexibility index (Phi) is 3.93. The summed E-state index contributed by atoms with van der Waals surface area (Å²) in [7, 11) is 0. The Labute approximate surface area is 97.2 Å². The first-order chi connectivity index (χ1) is 7.81. The lowest BCUT2D eigenvalue weighted by Crippen LogP contribution is -2.13. The molecule has 90 valence electrons. The molecule has 0 saturated carbocycles. The van der Waals surface area contributed by atoms with E-state index in [1.165, 1.54) is 25.1 Å². The summed E-state index contributed by atoms with van der Waals surface area (Å²) in [6, 6.07) is 0. The van der Waals surface area contributed by atoms with Gasteiger partial charge in [0.25, 0.3) is 0 Å². The minimum Gasteiger partial charge on any atom is -0.330 e. The van der Waals surface area contributed by atoms with Crippen molar-refractivity contribution < 1.29 is 0 Å². The van der Waals surface area contributed by atoms with Gasteiger partial charge >= 0.3 is 0 Å². The maximum Gasteiger partial charge on any atom is 0.133 e. The van der Waals surface area contributed by atoms with E-state index in [-0.39, 0.29) is 0 Å². The van der Waals surface area contributed by atoms with Gasteiger partial charge in [-0.15, -0.1) is 10.2 Å². The highest BCUT2D eigenvalue weighted by Crippen LogP contribution is 2.16. The number of aryl methyl sites for hydroxylation is 2. The van der Waals surface area contributed by atoms with Gasteiger partial charge < -0.3 is 10.3 Å². The quantitative estimate of drug-likeness (QED) is 0.840. The van der Waals surface area contributed by atoms with Crippen molar-refractivity contribution in [1.29, 1.82) is 0 Å². The molecule has 2 N–H and O–H groups in total. The van der Waals surface area contributed by atoms with Crippen LogP contribution in [0.1, 0.15) is 44.3 Å². The number of nitrogens with two attached hydrogens (primary N) is 1. The number of fused-ring (bicyclic) bond motifs is 1. The summed E-state index contributed by atoms with van der Waals surface area (Å²) in [5.41, 5.74) is 5.63. The Morgan fingerprint density at radius 2 is 2.19 bits per heavy atom. The van der Waals surface area contributed by atoms with Crippen LogP contribution in [0.4, 0.5) is 0 Å². The molecule has 2 rings (SSSR count). The van der Waals surface area contributed by atoms with Gasteiger partial charge in [0.2, 0.25) is 0 Å². The van der Waals surface area contributed by atoms with Gasteiger partial charge in [-0.25, -0.2) is 0 Å². The largest absolute Gasteiger partial charge is 0.330 e. The Balaban J connectivity index is 2.01. The average Bonchev–Trinajstić information content (AvgIpc) is 2.54. The average molecular weight is 222 g/mol. The molecule has 4 nitrogen and oxygen atoms in total. The van der Waals surface area contributed by atoms with E-state index in [0.29, 0.717) is 5.92 Å².